The number of rotatable bonds is 10. The molecule has 10 heteroatoms. The third-order valence-corrected chi connectivity index (χ3v) is 15.4. The predicted molar refractivity (Wildman–Crippen MR) is 244 cm³/mol. The van der Waals surface area contributed by atoms with Gasteiger partial charge in [0.2, 0.25) is 11.8 Å². The molecule has 1 unspecified atom stereocenters. The molecule has 4 aromatic carbocycles. The molecule has 6 aliphatic rings. The van der Waals surface area contributed by atoms with Crippen LogP contribution in [0.1, 0.15) is 108 Å². The Kier molecular flexibility index (Phi) is 11.8. The molecular formula is C52H62N6O4. The number of piperidine rings is 2. The van der Waals surface area contributed by atoms with Gasteiger partial charge in [0.15, 0.2) is 0 Å². The first kappa shape index (κ1) is 40.9. The smallest absolute Gasteiger partial charge is 0.255 e. The molecule has 10 rings (SSSR count). The highest BCUT2D eigenvalue weighted by Gasteiger charge is 2.40. The molecule has 0 aromatic heterocycles. The van der Waals surface area contributed by atoms with Crippen LogP contribution in [-0.2, 0) is 22.6 Å². The Hall–Kier alpha value is -5.19. The quantitative estimate of drug-likeness (QED) is 0.141. The summed E-state index contributed by atoms with van der Waals surface area (Å²) in [6, 6.07) is 32.0. The van der Waals surface area contributed by atoms with Crippen LogP contribution in [0.3, 0.4) is 0 Å². The topological polar surface area (TPSA) is 108 Å². The minimum absolute atomic E-state index is 0.120. The summed E-state index contributed by atoms with van der Waals surface area (Å²) >= 11 is 0. The summed E-state index contributed by atoms with van der Waals surface area (Å²) in [4.78, 5) is 47.4. The number of carbonyl (C=O) groups is 3. The number of anilines is 2. The Balaban J connectivity index is 0.711. The van der Waals surface area contributed by atoms with Crippen molar-refractivity contribution < 1.29 is 19.5 Å². The Labute approximate surface area is 366 Å². The van der Waals surface area contributed by atoms with E-state index in [0.717, 1.165) is 88.0 Å². The van der Waals surface area contributed by atoms with Crippen molar-refractivity contribution >= 4 is 29.1 Å². The third kappa shape index (κ3) is 8.48. The number of hydrogen-bond acceptors (Lipinski definition) is 8. The molecule has 2 aliphatic carbocycles. The molecule has 0 bridgehead atoms. The number of nitrogens with one attached hydrogen (secondary N) is 2. The minimum atomic E-state index is -0.598. The van der Waals surface area contributed by atoms with E-state index in [1.807, 2.05) is 24.3 Å². The van der Waals surface area contributed by atoms with E-state index in [1.165, 1.54) is 66.7 Å². The first-order valence-electron chi connectivity index (χ1n) is 23.5. The molecule has 1 saturated carbocycles. The number of likely N-dealkylation sites (tertiary alicyclic amines) is 1. The fourth-order valence-corrected chi connectivity index (χ4v) is 12.0. The van der Waals surface area contributed by atoms with Gasteiger partial charge in [-0.05, 0) is 121 Å². The van der Waals surface area contributed by atoms with E-state index >= 15 is 0 Å². The van der Waals surface area contributed by atoms with Crippen LogP contribution in [0.4, 0.5) is 11.4 Å². The zero-order chi connectivity index (χ0) is 42.2. The lowest BCUT2D eigenvalue weighted by atomic mass is 9.69. The number of aryl methyl sites for hydroxylation is 1. The van der Waals surface area contributed by atoms with Crippen molar-refractivity contribution in [1.29, 1.82) is 0 Å². The summed E-state index contributed by atoms with van der Waals surface area (Å²) in [7, 11) is 0. The Bertz CT molecular complexity index is 2250. The van der Waals surface area contributed by atoms with Crippen molar-refractivity contribution in [2.45, 2.75) is 94.7 Å². The lowest BCUT2D eigenvalue weighted by molar-refractivity contribution is -0.136. The second-order valence-electron chi connectivity index (χ2n) is 19.1. The first-order valence-corrected chi connectivity index (χ1v) is 23.5. The highest BCUT2D eigenvalue weighted by Crippen LogP contribution is 2.47. The van der Waals surface area contributed by atoms with E-state index in [-0.39, 0.29) is 30.1 Å². The molecule has 4 heterocycles. The highest BCUT2D eigenvalue weighted by atomic mass is 16.3. The Morgan fingerprint density at radius 2 is 1.40 bits per heavy atom. The van der Waals surface area contributed by atoms with Crippen LogP contribution in [0.5, 0.6) is 5.75 Å². The van der Waals surface area contributed by atoms with Crippen molar-refractivity contribution in [2.24, 2.45) is 11.8 Å². The normalized spacial score (nSPS) is 26.3. The van der Waals surface area contributed by atoms with Crippen molar-refractivity contribution in [3.05, 3.63) is 124 Å². The number of carbonyl (C=O) groups excluding carboxylic acids is 3. The van der Waals surface area contributed by atoms with Gasteiger partial charge in [-0.3, -0.25) is 24.6 Å². The van der Waals surface area contributed by atoms with E-state index in [2.05, 4.69) is 92.1 Å². The number of amides is 3. The van der Waals surface area contributed by atoms with E-state index < -0.39 is 6.04 Å². The molecule has 0 radical (unpaired) electrons. The molecule has 4 fully saturated rings. The van der Waals surface area contributed by atoms with Gasteiger partial charge in [0.1, 0.15) is 11.8 Å². The number of imide groups is 1. The molecular weight excluding hydrogens is 773 g/mol. The molecule has 5 atom stereocenters. The number of aromatic hydroxyl groups is 1. The largest absolute Gasteiger partial charge is 0.508 e. The lowest BCUT2D eigenvalue weighted by Gasteiger charge is -2.42. The Morgan fingerprint density at radius 3 is 2.13 bits per heavy atom. The molecule has 3 N–H and O–H groups in total. The van der Waals surface area contributed by atoms with Crippen molar-refractivity contribution in [3.8, 4) is 5.75 Å². The fourth-order valence-electron chi connectivity index (χ4n) is 12.0. The predicted octanol–water partition coefficient (Wildman–Crippen LogP) is 7.52. The number of piperazine rings is 1. The summed E-state index contributed by atoms with van der Waals surface area (Å²) in [6.45, 7) is 9.30. The van der Waals surface area contributed by atoms with Crippen LogP contribution in [0, 0.1) is 11.8 Å². The van der Waals surface area contributed by atoms with Crippen LogP contribution >= 0.6 is 0 Å². The first-order chi connectivity index (χ1) is 30.3. The maximum atomic E-state index is 13.4. The van der Waals surface area contributed by atoms with Gasteiger partial charge in [-0.1, -0.05) is 67.4 Å². The number of benzene rings is 4. The van der Waals surface area contributed by atoms with Gasteiger partial charge in [-0.25, -0.2) is 0 Å². The molecule has 3 saturated heterocycles. The van der Waals surface area contributed by atoms with E-state index in [1.54, 1.807) is 4.90 Å². The van der Waals surface area contributed by atoms with Crippen molar-refractivity contribution in [3.63, 3.8) is 0 Å². The van der Waals surface area contributed by atoms with Crippen LogP contribution in [0.2, 0.25) is 0 Å². The van der Waals surface area contributed by atoms with Crippen LogP contribution in [0.15, 0.2) is 91.0 Å². The standard InChI is InChI=1S/C52H62N6O4/c59-42-18-20-44-37(31-42)15-19-43(35-7-2-1-3-8-35)50(44)36-13-16-41(17-14-36)57-29-27-56(28-30-57)33-39-10-5-4-9-38(39)32-55-25-23-40(24-26-55)53-47-12-6-11-45-46(47)34-58(52(45)62)48-21-22-49(60)54-51(48)61/h1-3,6-8,11-14,16-18,20,31,38-40,43,48,50,53,59H,4-5,9-10,15,19,21-30,32-34H2,(H,54,60,61)/t38-,39-,43-,48?,50+/m1/s1. The zero-order valence-corrected chi connectivity index (χ0v) is 36.0. The zero-order valence-electron chi connectivity index (χ0n) is 36.0. The van der Waals surface area contributed by atoms with Gasteiger partial charge >= 0.3 is 0 Å². The van der Waals surface area contributed by atoms with Gasteiger partial charge in [-0.2, -0.15) is 0 Å². The molecule has 0 spiro atoms. The second-order valence-corrected chi connectivity index (χ2v) is 19.1. The van der Waals surface area contributed by atoms with Gasteiger partial charge in [0, 0.05) is 99.8 Å². The fraction of sp³-hybridized carbons (Fsp3) is 0.481. The van der Waals surface area contributed by atoms with Gasteiger partial charge in [-0.15, -0.1) is 0 Å². The molecule has 62 heavy (non-hydrogen) atoms. The number of fused-ring (bicyclic) bond motifs is 2. The van der Waals surface area contributed by atoms with Crippen LogP contribution in [0.25, 0.3) is 0 Å². The van der Waals surface area contributed by atoms with Crippen LogP contribution in [-0.4, -0.2) is 102 Å². The van der Waals surface area contributed by atoms with E-state index in [9.17, 15) is 19.5 Å². The average Bonchev–Trinajstić information content (AvgIpc) is 3.64. The SMILES string of the molecule is O=C1CCC(N2Cc3c(NC4CCN(C[C@H]5CCCC[C@@H]5CN5CCN(c6ccc([C@@H]7c8ccc(O)cc8CC[C@@H]7c7ccccc7)cc6)CC5)CC4)cccc3C2=O)C(=O)N1. The third-order valence-electron chi connectivity index (χ3n) is 15.4. The molecule has 10 nitrogen and oxygen atoms in total. The number of phenols is 1. The number of hydrogen-bond donors (Lipinski definition) is 3. The average molecular weight is 835 g/mol. The summed E-state index contributed by atoms with van der Waals surface area (Å²) in [6.07, 6.45) is 10.2. The molecule has 4 aromatic rings. The summed E-state index contributed by atoms with van der Waals surface area (Å²) in [5.74, 6) is 1.78. The van der Waals surface area contributed by atoms with Crippen LogP contribution < -0.4 is 15.5 Å². The highest BCUT2D eigenvalue weighted by molar-refractivity contribution is 6.06. The molecule has 4 aliphatic heterocycles. The Morgan fingerprint density at radius 1 is 0.677 bits per heavy atom. The second kappa shape index (κ2) is 17.9. The number of nitrogens with zero attached hydrogens (tertiary/aromatic N) is 4. The van der Waals surface area contributed by atoms with Gasteiger partial charge in [0.05, 0.1) is 0 Å². The van der Waals surface area contributed by atoms with Crippen molar-refractivity contribution in [2.75, 3.05) is 62.6 Å². The summed E-state index contributed by atoms with van der Waals surface area (Å²) < 4.78 is 0. The molecule has 324 valence electrons. The van der Waals surface area contributed by atoms with Crippen molar-refractivity contribution in [1.82, 2.24) is 20.0 Å². The minimum Gasteiger partial charge on any atom is -0.508 e. The van der Waals surface area contributed by atoms with E-state index in [0.29, 0.717) is 36.2 Å². The van der Waals surface area contributed by atoms with Gasteiger partial charge in [0.25, 0.3) is 5.91 Å². The molecule has 3 amide bonds. The van der Waals surface area contributed by atoms with E-state index in [4.69, 9.17) is 0 Å². The maximum Gasteiger partial charge on any atom is 0.255 e. The summed E-state index contributed by atoms with van der Waals surface area (Å²) in [5.41, 5.74) is 9.32. The summed E-state index contributed by atoms with van der Waals surface area (Å²) in [5, 5.41) is 16.5. The number of phenolic OH excluding ortho intramolecular Hbond substituents is 1. The monoisotopic (exact) mass is 834 g/mol. The maximum absolute atomic E-state index is 13.4. The lowest BCUT2D eigenvalue weighted by Crippen LogP contribution is -2.52. The van der Waals surface area contributed by atoms with Gasteiger partial charge < -0.3 is 25.1 Å².